The molecule has 0 spiro atoms. The lowest BCUT2D eigenvalue weighted by Crippen LogP contribution is -2.38. The van der Waals surface area contributed by atoms with E-state index in [1.54, 1.807) is 6.20 Å². The summed E-state index contributed by atoms with van der Waals surface area (Å²) in [4.78, 5) is 6.66. The van der Waals surface area contributed by atoms with E-state index in [1.807, 2.05) is 28.9 Å². The maximum absolute atomic E-state index is 6.02. The van der Waals surface area contributed by atoms with E-state index < -0.39 is 0 Å². The van der Waals surface area contributed by atoms with Gasteiger partial charge in [-0.1, -0.05) is 6.07 Å². The predicted octanol–water partition coefficient (Wildman–Crippen LogP) is 0.859. The van der Waals surface area contributed by atoms with Gasteiger partial charge < -0.3 is 10.5 Å². The molecule has 2 aromatic rings. The van der Waals surface area contributed by atoms with E-state index in [0.29, 0.717) is 5.82 Å². The molecule has 0 amide bonds. The Morgan fingerprint density at radius 1 is 1.15 bits per heavy atom. The third kappa shape index (κ3) is 2.97. The summed E-state index contributed by atoms with van der Waals surface area (Å²) in [5, 5.41) is 4.54. The Hall–Kier alpha value is -1.92. The molecule has 1 aliphatic heterocycles. The summed E-state index contributed by atoms with van der Waals surface area (Å²) in [7, 11) is 0. The second-order valence-electron chi connectivity index (χ2n) is 4.85. The third-order valence-electron chi connectivity index (χ3n) is 3.47. The van der Waals surface area contributed by atoms with E-state index in [2.05, 4.69) is 15.0 Å². The van der Waals surface area contributed by atoms with Gasteiger partial charge in [0.15, 0.2) is 0 Å². The Bertz CT molecular complexity index is 548. The molecule has 6 heteroatoms. The molecule has 3 heterocycles. The van der Waals surface area contributed by atoms with Gasteiger partial charge in [-0.3, -0.25) is 9.88 Å². The van der Waals surface area contributed by atoms with Crippen molar-refractivity contribution in [2.45, 2.75) is 6.54 Å². The van der Waals surface area contributed by atoms with E-state index in [-0.39, 0.29) is 0 Å². The lowest BCUT2D eigenvalue weighted by Gasteiger charge is -2.26. The molecule has 0 aromatic carbocycles. The van der Waals surface area contributed by atoms with Gasteiger partial charge in [0.1, 0.15) is 11.5 Å². The predicted molar refractivity (Wildman–Crippen MR) is 77.1 cm³/mol. The van der Waals surface area contributed by atoms with Crippen LogP contribution < -0.4 is 5.73 Å². The van der Waals surface area contributed by atoms with E-state index >= 15 is 0 Å². The van der Waals surface area contributed by atoms with Crippen molar-refractivity contribution in [1.29, 1.82) is 0 Å². The summed E-state index contributed by atoms with van der Waals surface area (Å²) in [5.41, 5.74) is 7.70. The van der Waals surface area contributed by atoms with E-state index in [1.165, 1.54) is 0 Å². The highest BCUT2D eigenvalue weighted by Crippen LogP contribution is 2.17. The van der Waals surface area contributed by atoms with Crippen LogP contribution in [-0.2, 0) is 11.3 Å². The Morgan fingerprint density at radius 3 is 2.75 bits per heavy atom. The maximum Gasteiger partial charge on any atom is 0.122 e. The summed E-state index contributed by atoms with van der Waals surface area (Å²) in [6.07, 6.45) is 1.76. The number of pyridine rings is 1. The number of ether oxygens (including phenoxy) is 1. The lowest BCUT2D eigenvalue weighted by atomic mass is 10.3. The van der Waals surface area contributed by atoms with Crippen LogP contribution in [0.3, 0.4) is 0 Å². The third-order valence-corrected chi connectivity index (χ3v) is 3.47. The Balaban J connectivity index is 1.66. The first-order valence-electron chi connectivity index (χ1n) is 6.88. The molecule has 1 fully saturated rings. The quantitative estimate of drug-likeness (QED) is 0.894. The number of morpholine rings is 1. The normalized spacial score (nSPS) is 16.4. The van der Waals surface area contributed by atoms with Crippen LogP contribution in [0.5, 0.6) is 0 Å². The van der Waals surface area contributed by atoms with Crippen LogP contribution in [0.25, 0.3) is 11.4 Å². The highest BCUT2D eigenvalue weighted by Gasteiger charge is 2.12. The first-order chi connectivity index (χ1) is 9.83. The average molecular weight is 273 g/mol. The van der Waals surface area contributed by atoms with Gasteiger partial charge in [0.2, 0.25) is 0 Å². The number of nitrogens with two attached hydrogens (primary N) is 1. The molecule has 2 aromatic heterocycles. The zero-order valence-corrected chi connectivity index (χ0v) is 11.4. The summed E-state index contributed by atoms with van der Waals surface area (Å²) in [6.45, 7) is 5.32. The minimum absolute atomic E-state index is 0.680. The van der Waals surface area contributed by atoms with Gasteiger partial charge in [0.25, 0.3) is 0 Å². The Kier molecular flexibility index (Phi) is 3.94. The molecule has 0 unspecified atom stereocenters. The summed E-state index contributed by atoms with van der Waals surface area (Å²) in [6, 6.07) is 7.66. The van der Waals surface area contributed by atoms with Crippen molar-refractivity contribution in [1.82, 2.24) is 19.7 Å². The smallest absolute Gasteiger partial charge is 0.122 e. The largest absolute Gasteiger partial charge is 0.384 e. The molecule has 1 saturated heterocycles. The van der Waals surface area contributed by atoms with Crippen LogP contribution in [-0.4, -0.2) is 52.5 Å². The number of hydrogen-bond donors (Lipinski definition) is 1. The minimum Gasteiger partial charge on any atom is -0.384 e. The van der Waals surface area contributed by atoms with Crippen LogP contribution in [0.1, 0.15) is 0 Å². The van der Waals surface area contributed by atoms with Gasteiger partial charge in [0.05, 0.1) is 25.5 Å². The van der Waals surface area contributed by atoms with Gasteiger partial charge in [-0.2, -0.15) is 5.10 Å². The number of rotatable bonds is 4. The van der Waals surface area contributed by atoms with Crippen molar-refractivity contribution in [2.75, 3.05) is 38.6 Å². The zero-order chi connectivity index (χ0) is 13.8. The molecule has 0 radical (unpaired) electrons. The van der Waals surface area contributed by atoms with E-state index in [9.17, 15) is 0 Å². The standard InChI is InChI=1S/C14H19N5O/c15-14-11-13(12-3-1-2-4-16-12)17-19(14)6-5-18-7-9-20-10-8-18/h1-4,11H,5-10,15H2. The molecule has 6 nitrogen and oxygen atoms in total. The van der Waals surface area contributed by atoms with Crippen molar-refractivity contribution in [3.8, 4) is 11.4 Å². The fourth-order valence-corrected chi connectivity index (χ4v) is 2.31. The number of aromatic nitrogens is 3. The Morgan fingerprint density at radius 2 is 2.00 bits per heavy atom. The second-order valence-corrected chi connectivity index (χ2v) is 4.85. The summed E-state index contributed by atoms with van der Waals surface area (Å²) >= 11 is 0. The zero-order valence-electron chi connectivity index (χ0n) is 11.4. The van der Waals surface area contributed by atoms with Crippen LogP contribution in [0.2, 0.25) is 0 Å². The van der Waals surface area contributed by atoms with Crippen LogP contribution >= 0.6 is 0 Å². The van der Waals surface area contributed by atoms with Gasteiger partial charge >= 0.3 is 0 Å². The van der Waals surface area contributed by atoms with Crippen molar-refractivity contribution in [3.63, 3.8) is 0 Å². The number of hydrogen-bond acceptors (Lipinski definition) is 5. The molecule has 20 heavy (non-hydrogen) atoms. The van der Waals surface area contributed by atoms with E-state index in [4.69, 9.17) is 10.5 Å². The topological polar surface area (TPSA) is 69.2 Å². The molecule has 2 N–H and O–H groups in total. The SMILES string of the molecule is Nc1cc(-c2ccccn2)nn1CCN1CCOCC1. The number of nitrogens with zero attached hydrogens (tertiary/aromatic N) is 4. The highest BCUT2D eigenvalue weighted by atomic mass is 16.5. The van der Waals surface area contributed by atoms with E-state index in [0.717, 1.165) is 50.8 Å². The van der Waals surface area contributed by atoms with Crippen molar-refractivity contribution >= 4 is 5.82 Å². The molecular formula is C14H19N5O. The molecule has 0 aliphatic carbocycles. The summed E-state index contributed by atoms with van der Waals surface area (Å²) < 4.78 is 7.19. The minimum atomic E-state index is 0.680. The molecule has 0 atom stereocenters. The van der Waals surface area contributed by atoms with Gasteiger partial charge in [-0.05, 0) is 12.1 Å². The monoisotopic (exact) mass is 273 g/mol. The van der Waals surface area contributed by atoms with Crippen molar-refractivity contribution in [3.05, 3.63) is 30.5 Å². The lowest BCUT2D eigenvalue weighted by molar-refractivity contribution is 0.0360. The number of anilines is 1. The fourth-order valence-electron chi connectivity index (χ4n) is 2.31. The van der Waals surface area contributed by atoms with Gasteiger partial charge in [-0.15, -0.1) is 0 Å². The van der Waals surface area contributed by atoms with Crippen LogP contribution in [0.4, 0.5) is 5.82 Å². The molecule has 1 aliphatic rings. The Labute approximate surface area is 118 Å². The molecule has 3 rings (SSSR count). The average Bonchev–Trinajstić information content (AvgIpc) is 2.88. The first kappa shape index (κ1) is 13.1. The fraction of sp³-hybridized carbons (Fsp3) is 0.429. The number of nitrogen functional groups attached to an aromatic ring is 1. The molecular weight excluding hydrogens is 254 g/mol. The molecule has 0 saturated carbocycles. The summed E-state index contributed by atoms with van der Waals surface area (Å²) in [5.74, 6) is 0.680. The molecule has 106 valence electrons. The second kappa shape index (κ2) is 6.02. The molecule has 0 bridgehead atoms. The van der Waals surface area contributed by atoms with Crippen LogP contribution in [0.15, 0.2) is 30.5 Å². The first-order valence-corrected chi connectivity index (χ1v) is 6.88. The highest BCUT2D eigenvalue weighted by molar-refractivity contribution is 5.57. The maximum atomic E-state index is 6.02. The van der Waals surface area contributed by atoms with Gasteiger partial charge in [0, 0.05) is 31.9 Å². The van der Waals surface area contributed by atoms with Crippen molar-refractivity contribution in [2.24, 2.45) is 0 Å². The van der Waals surface area contributed by atoms with Crippen molar-refractivity contribution < 1.29 is 4.74 Å². The van der Waals surface area contributed by atoms with Gasteiger partial charge in [-0.25, -0.2) is 4.68 Å². The van der Waals surface area contributed by atoms with Crippen LogP contribution in [0, 0.1) is 0 Å².